The molecule has 1 heterocycles. The van der Waals surface area contributed by atoms with Gasteiger partial charge in [-0.25, -0.2) is 14.6 Å². The summed E-state index contributed by atoms with van der Waals surface area (Å²) in [4.78, 5) is 32.0. The van der Waals surface area contributed by atoms with E-state index in [9.17, 15) is 9.59 Å². The van der Waals surface area contributed by atoms with E-state index >= 15 is 0 Å². The summed E-state index contributed by atoms with van der Waals surface area (Å²) in [7, 11) is 0.0633. The van der Waals surface area contributed by atoms with Crippen LogP contribution in [0.5, 0.6) is 0 Å². The van der Waals surface area contributed by atoms with Crippen molar-refractivity contribution in [3.63, 3.8) is 0 Å². The molecule has 46 heavy (non-hydrogen) atoms. The number of carbonyl (C=O) groups excluding carboxylic acids is 2. The van der Waals surface area contributed by atoms with Crippen molar-refractivity contribution < 1.29 is 23.8 Å². The third kappa shape index (κ3) is 11.3. The van der Waals surface area contributed by atoms with Gasteiger partial charge in [-0.1, -0.05) is 50.0 Å². The molecule has 0 atom stereocenters. The topological polar surface area (TPSA) is 94.9 Å². The van der Waals surface area contributed by atoms with Gasteiger partial charge in [0.25, 0.3) is 0 Å². The number of nitrogens with one attached hydrogen (secondary N) is 1. The smallest absolute Gasteiger partial charge is 0.414 e. The van der Waals surface area contributed by atoms with Gasteiger partial charge in [0.1, 0.15) is 18.2 Å². The second kappa shape index (κ2) is 16.4. The van der Waals surface area contributed by atoms with Crippen LogP contribution in [-0.4, -0.2) is 55.7 Å². The zero-order valence-electron chi connectivity index (χ0n) is 28.5. The molecule has 0 saturated carbocycles. The number of benzene rings is 2. The van der Waals surface area contributed by atoms with Crippen LogP contribution in [0.3, 0.4) is 0 Å². The Balaban J connectivity index is 1.99. The van der Waals surface area contributed by atoms with E-state index in [0.29, 0.717) is 44.8 Å². The summed E-state index contributed by atoms with van der Waals surface area (Å²) in [5, 5.41) is 2.73. The van der Waals surface area contributed by atoms with Crippen LogP contribution < -0.4 is 10.2 Å². The summed E-state index contributed by atoms with van der Waals surface area (Å²) in [5.74, 6) is 0.778. The van der Waals surface area contributed by atoms with E-state index in [1.165, 1.54) is 7.11 Å². The lowest BCUT2D eigenvalue weighted by Crippen LogP contribution is -2.38. The molecule has 1 aromatic heterocycles. The highest BCUT2D eigenvalue weighted by Gasteiger charge is 2.25. The molecule has 0 aliphatic heterocycles. The van der Waals surface area contributed by atoms with Crippen LogP contribution >= 0.6 is 0 Å². The first-order chi connectivity index (χ1) is 21.7. The highest BCUT2D eigenvalue weighted by molar-refractivity contribution is 6.76. The summed E-state index contributed by atoms with van der Waals surface area (Å²) in [6.45, 7) is 21.7. The van der Waals surface area contributed by atoms with Crippen molar-refractivity contribution in [1.82, 2.24) is 9.55 Å². The van der Waals surface area contributed by atoms with E-state index in [0.717, 1.165) is 39.9 Å². The van der Waals surface area contributed by atoms with Crippen LogP contribution in [0, 0.1) is 0 Å². The Labute approximate surface area is 275 Å². The molecule has 0 aliphatic rings. The second-order valence-corrected chi connectivity index (χ2v) is 19.0. The van der Waals surface area contributed by atoms with Crippen molar-refractivity contribution in [3.05, 3.63) is 90.9 Å². The number of aromatic nitrogens is 2. The van der Waals surface area contributed by atoms with Crippen molar-refractivity contribution in [3.8, 4) is 11.3 Å². The zero-order valence-corrected chi connectivity index (χ0v) is 29.5. The molecule has 0 aliphatic carbocycles. The van der Waals surface area contributed by atoms with E-state index in [2.05, 4.69) is 38.1 Å². The molecule has 0 spiro atoms. The average Bonchev–Trinajstić information content (AvgIpc) is 3.37. The first kappa shape index (κ1) is 36.3. The Morgan fingerprint density at radius 3 is 2.46 bits per heavy atom. The third-order valence-electron chi connectivity index (χ3n) is 7.04. The Bertz CT molecular complexity index is 1500. The molecule has 0 radical (unpaired) electrons. The number of rotatable bonds is 15. The Morgan fingerprint density at radius 1 is 1.07 bits per heavy atom. The molecule has 10 heteroatoms. The molecule has 3 aromatic rings. The number of amides is 2. The maximum Gasteiger partial charge on any atom is 0.414 e. The standard InChI is InChI=1S/C36H50N4O5Si/c1-10-13-27-15-12-16-30(23-27)40(35(42)45-36(3,4)5)20-19-33-38-32(25-39(33)26-44-21-22-46(7,8)9)31-18-17-29(37-34(41)43-6)24-28(31)14-11-2/h10-12,15-18,23-25H,1-2,13-14,19-22,26H2,3-9H3,(H,37,41). The van der Waals surface area contributed by atoms with Crippen molar-refractivity contribution in [2.75, 3.05) is 30.5 Å². The second-order valence-electron chi connectivity index (χ2n) is 13.4. The minimum Gasteiger partial charge on any atom is -0.453 e. The zero-order chi connectivity index (χ0) is 33.9. The van der Waals surface area contributed by atoms with Crippen LogP contribution in [0.1, 0.15) is 37.7 Å². The quantitative estimate of drug-likeness (QED) is 0.101. The normalized spacial score (nSPS) is 11.5. The van der Waals surface area contributed by atoms with Gasteiger partial charge >= 0.3 is 12.2 Å². The molecule has 9 nitrogen and oxygen atoms in total. The van der Waals surface area contributed by atoms with Gasteiger partial charge in [0.2, 0.25) is 0 Å². The fraction of sp³-hybridized carbons (Fsp3) is 0.417. The van der Waals surface area contributed by atoms with Gasteiger partial charge in [-0.05, 0) is 75.0 Å². The lowest BCUT2D eigenvalue weighted by molar-refractivity contribution is 0.0580. The third-order valence-corrected chi connectivity index (χ3v) is 8.74. The van der Waals surface area contributed by atoms with E-state index in [1.807, 2.05) is 86.2 Å². The first-order valence-corrected chi connectivity index (χ1v) is 19.4. The molecule has 0 unspecified atom stereocenters. The molecular formula is C36H50N4O5Si. The first-order valence-electron chi connectivity index (χ1n) is 15.7. The molecule has 0 bridgehead atoms. The summed E-state index contributed by atoms with van der Waals surface area (Å²) >= 11 is 0. The summed E-state index contributed by atoms with van der Waals surface area (Å²) in [6, 6.07) is 14.6. The Hall–Kier alpha value is -4.15. The highest BCUT2D eigenvalue weighted by Crippen LogP contribution is 2.28. The minimum absolute atomic E-state index is 0.340. The van der Waals surface area contributed by atoms with Gasteiger partial charge in [-0.2, -0.15) is 0 Å². The van der Waals surface area contributed by atoms with Crippen molar-refractivity contribution in [1.29, 1.82) is 0 Å². The summed E-state index contributed by atoms with van der Waals surface area (Å²) in [5.41, 5.74) is 4.41. The molecule has 248 valence electrons. The number of imidazole rings is 1. The number of anilines is 2. The number of hydrogen-bond donors (Lipinski definition) is 1. The van der Waals surface area contributed by atoms with Gasteiger partial charge in [0.15, 0.2) is 0 Å². The van der Waals surface area contributed by atoms with Crippen LogP contribution in [0.2, 0.25) is 25.7 Å². The fourth-order valence-electron chi connectivity index (χ4n) is 4.72. The van der Waals surface area contributed by atoms with Crippen molar-refractivity contribution in [2.24, 2.45) is 0 Å². The lowest BCUT2D eigenvalue weighted by atomic mass is 10.0. The summed E-state index contributed by atoms with van der Waals surface area (Å²) in [6.07, 6.45) is 6.42. The number of methoxy groups -OCH3 is 1. The van der Waals surface area contributed by atoms with E-state index in [1.54, 1.807) is 4.90 Å². The molecule has 2 aromatic carbocycles. The Kier molecular flexibility index (Phi) is 13.0. The van der Waals surface area contributed by atoms with E-state index < -0.39 is 25.9 Å². The summed E-state index contributed by atoms with van der Waals surface area (Å²) < 4.78 is 18.7. The molecule has 1 N–H and O–H groups in total. The van der Waals surface area contributed by atoms with Gasteiger partial charge in [0, 0.05) is 50.8 Å². The maximum absolute atomic E-state index is 13.5. The monoisotopic (exact) mass is 646 g/mol. The van der Waals surface area contributed by atoms with Crippen molar-refractivity contribution in [2.45, 2.75) is 78.1 Å². The van der Waals surface area contributed by atoms with Crippen LogP contribution in [-0.2, 0) is 40.2 Å². The SMILES string of the molecule is C=CCc1cccc(N(CCc2nc(-c3ccc(NC(=O)OC)cc3CC=C)cn2COCC[Si](C)(C)C)C(=O)OC(C)(C)C)c1. The molecule has 3 rings (SSSR count). The number of ether oxygens (including phenoxy) is 3. The molecule has 2 amide bonds. The predicted molar refractivity (Wildman–Crippen MR) is 189 cm³/mol. The fourth-order valence-corrected chi connectivity index (χ4v) is 5.48. The van der Waals surface area contributed by atoms with Gasteiger partial charge < -0.3 is 18.8 Å². The molecule has 0 saturated heterocycles. The van der Waals surface area contributed by atoms with Crippen LogP contribution in [0.4, 0.5) is 21.0 Å². The van der Waals surface area contributed by atoms with Gasteiger partial charge in [0.05, 0.1) is 12.8 Å². The van der Waals surface area contributed by atoms with Gasteiger partial charge in [-0.3, -0.25) is 10.2 Å². The van der Waals surface area contributed by atoms with E-state index in [4.69, 9.17) is 19.2 Å². The van der Waals surface area contributed by atoms with Crippen LogP contribution in [0.25, 0.3) is 11.3 Å². The number of hydrogen-bond acceptors (Lipinski definition) is 6. The Morgan fingerprint density at radius 2 is 1.80 bits per heavy atom. The van der Waals surface area contributed by atoms with Crippen molar-refractivity contribution >= 4 is 31.6 Å². The number of carbonyl (C=O) groups is 2. The van der Waals surface area contributed by atoms with E-state index in [-0.39, 0.29) is 0 Å². The largest absolute Gasteiger partial charge is 0.453 e. The van der Waals surface area contributed by atoms with Crippen LogP contribution in [0.15, 0.2) is 74.0 Å². The predicted octanol–water partition coefficient (Wildman–Crippen LogP) is 8.48. The number of nitrogens with zero attached hydrogens (tertiary/aromatic N) is 3. The lowest BCUT2D eigenvalue weighted by Gasteiger charge is -2.28. The molecule has 0 fully saturated rings. The van der Waals surface area contributed by atoms with Gasteiger partial charge in [-0.15, -0.1) is 13.2 Å². The number of allylic oxidation sites excluding steroid dienone is 2. The minimum atomic E-state index is -1.27. The molecular weight excluding hydrogens is 597 g/mol. The average molecular weight is 647 g/mol. The highest BCUT2D eigenvalue weighted by atomic mass is 28.3. The maximum atomic E-state index is 13.5.